The number of halogens is 4. The summed E-state index contributed by atoms with van der Waals surface area (Å²) in [5.74, 6) is 0.957. The SMILES string of the molecule is Fc1ccc(Oc2ccc(CBr)cc2Br)c(Br)c1. The van der Waals surface area contributed by atoms with Crippen LogP contribution in [0.15, 0.2) is 45.3 Å². The van der Waals surface area contributed by atoms with Gasteiger partial charge >= 0.3 is 0 Å². The second-order valence-electron chi connectivity index (χ2n) is 3.58. The van der Waals surface area contributed by atoms with Crippen LogP contribution in [-0.4, -0.2) is 0 Å². The fraction of sp³-hybridized carbons (Fsp3) is 0.0769. The molecule has 0 aliphatic heterocycles. The van der Waals surface area contributed by atoms with Crippen molar-refractivity contribution in [3.8, 4) is 11.5 Å². The largest absolute Gasteiger partial charge is 0.455 e. The maximum Gasteiger partial charge on any atom is 0.141 e. The van der Waals surface area contributed by atoms with Gasteiger partial charge in [-0.25, -0.2) is 4.39 Å². The van der Waals surface area contributed by atoms with Gasteiger partial charge in [0.15, 0.2) is 0 Å². The third kappa shape index (κ3) is 3.33. The summed E-state index contributed by atoms with van der Waals surface area (Å²) in [7, 11) is 0. The van der Waals surface area contributed by atoms with Crippen molar-refractivity contribution in [3.63, 3.8) is 0 Å². The first kappa shape index (κ1) is 14.0. The highest BCUT2D eigenvalue weighted by molar-refractivity contribution is 9.11. The Morgan fingerprint density at radius 3 is 2.11 bits per heavy atom. The average molecular weight is 439 g/mol. The van der Waals surface area contributed by atoms with Crippen LogP contribution >= 0.6 is 47.8 Å². The summed E-state index contributed by atoms with van der Waals surface area (Å²) >= 11 is 10.1. The van der Waals surface area contributed by atoms with Crippen LogP contribution in [0.2, 0.25) is 0 Å². The van der Waals surface area contributed by atoms with Gasteiger partial charge in [-0.3, -0.25) is 0 Å². The Kier molecular flexibility index (Phi) is 4.81. The van der Waals surface area contributed by atoms with E-state index in [2.05, 4.69) is 47.8 Å². The van der Waals surface area contributed by atoms with Gasteiger partial charge in [-0.05, 0) is 67.8 Å². The number of alkyl halides is 1. The number of benzene rings is 2. The Labute approximate surface area is 130 Å². The smallest absolute Gasteiger partial charge is 0.141 e. The van der Waals surface area contributed by atoms with Crippen LogP contribution < -0.4 is 4.74 Å². The molecule has 5 heteroatoms. The molecule has 2 rings (SSSR count). The summed E-state index contributed by atoms with van der Waals surface area (Å²) < 4.78 is 20.1. The first-order valence-electron chi connectivity index (χ1n) is 5.07. The molecular weight excluding hydrogens is 431 g/mol. The standard InChI is InChI=1S/C13H8Br3FO/c14-7-8-1-3-12(10(15)5-8)18-13-4-2-9(17)6-11(13)16/h1-6H,7H2. The maximum absolute atomic E-state index is 13.0. The molecule has 18 heavy (non-hydrogen) atoms. The van der Waals surface area contributed by atoms with E-state index >= 15 is 0 Å². The Balaban J connectivity index is 2.28. The number of rotatable bonds is 3. The van der Waals surface area contributed by atoms with E-state index in [1.54, 1.807) is 6.07 Å². The molecule has 2 aromatic carbocycles. The summed E-state index contributed by atoms with van der Waals surface area (Å²) in [6.45, 7) is 0. The van der Waals surface area contributed by atoms with Crippen molar-refractivity contribution < 1.29 is 9.13 Å². The minimum absolute atomic E-state index is 0.303. The lowest BCUT2D eigenvalue weighted by Gasteiger charge is -2.10. The van der Waals surface area contributed by atoms with Gasteiger partial charge in [0.05, 0.1) is 8.95 Å². The first-order chi connectivity index (χ1) is 8.60. The third-order valence-electron chi connectivity index (χ3n) is 2.26. The van der Waals surface area contributed by atoms with E-state index in [-0.39, 0.29) is 5.82 Å². The van der Waals surface area contributed by atoms with Gasteiger partial charge in [0.25, 0.3) is 0 Å². The Hall–Kier alpha value is -0.390. The van der Waals surface area contributed by atoms with Crippen molar-refractivity contribution in [2.24, 2.45) is 0 Å². The summed E-state index contributed by atoms with van der Waals surface area (Å²) in [6, 6.07) is 10.1. The molecule has 0 bridgehead atoms. The Bertz CT molecular complexity index is 572. The zero-order valence-electron chi connectivity index (χ0n) is 9.09. The molecule has 2 aromatic rings. The molecule has 1 nitrogen and oxygen atoms in total. The topological polar surface area (TPSA) is 9.23 Å². The molecule has 0 fully saturated rings. The summed E-state index contributed by atoms with van der Waals surface area (Å²) in [5.41, 5.74) is 1.15. The van der Waals surface area contributed by atoms with Crippen molar-refractivity contribution in [3.05, 3.63) is 56.7 Å². The van der Waals surface area contributed by atoms with Crippen LogP contribution in [0.1, 0.15) is 5.56 Å². The fourth-order valence-corrected chi connectivity index (χ4v) is 2.67. The van der Waals surface area contributed by atoms with E-state index in [1.807, 2.05) is 18.2 Å². The predicted molar refractivity (Wildman–Crippen MR) is 80.9 cm³/mol. The molecule has 94 valence electrons. The normalized spacial score (nSPS) is 10.4. The van der Waals surface area contributed by atoms with Crippen molar-refractivity contribution in [2.75, 3.05) is 0 Å². The molecule has 0 saturated heterocycles. The van der Waals surface area contributed by atoms with Crippen molar-refractivity contribution in [1.82, 2.24) is 0 Å². The second-order valence-corrected chi connectivity index (χ2v) is 5.84. The van der Waals surface area contributed by atoms with Crippen LogP contribution in [-0.2, 0) is 5.33 Å². The van der Waals surface area contributed by atoms with Crippen LogP contribution in [0.3, 0.4) is 0 Å². The van der Waals surface area contributed by atoms with Crippen LogP contribution in [0.4, 0.5) is 4.39 Å². The Morgan fingerprint density at radius 1 is 0.944 bits per heavy atom. The van der Waals surface area contributed by atoms with E-state index in [0.717, 1.165) is 15.4 Å². The van der Waals surface area contributed by atoms with Crippen molar-refractivity contribution in [1.29, 1.82) is 0 Å². The van der Waals surface area contributed by atoms with E-state index in [9.17, 15) is 4.39 Å². The highest BCUT2D eigenvalue weighted by atomic mass is 79.9. The second kappa shape index (κ2) is 6.17. The van der Waals surface area contributed by atoms with Gasteiger partial charge in [-0.15, -0.1) is 0 Å². The van der Waals surface area contributed by atoms with Crippen molar-refractivity contribution in [2.45, 2.75) is 5.33 Å². The average Bonchev–Trinajstić information content (AvgIpc) is 2.34. The predicted octanol–water partition coefficient (Wildman–Crippen LogP) is 6.04. The molecule has 0 unspecified atom stereocenters. The summed E-state index contributed by atoms with van der Waals surface area (Å²) in [4.78, 5) is 0. The van der Waals surface area contributed by atoms with E-state index < -0.39 is 0 Å². The molecule has 0 atom stereocenters. The lowest BCUT2D eigenvalue weighted by Crippen LogP contribution is -1.89. The van der Waals surface area contributed by atoms with Gasteiger partial charge in [0.1, 0.15) is 17.3 Å². The third-order valence-corrected chi connectivity index (χ3v) is 4.15. The van der Waals surface area contributed by atoms with Crippen LogP contribution in [0, 0.1) is 5.82 Å². The highest BCUT2D eigenvalue weighted by Crippen LogP contribution is 2.34. The van der Waals surface area contributed by atoms with Gasteiger partial charge in [-0.1, -0.05) is 22.0 Å². The number of hydrogen-bond donors (Lipinski definition) is 0. The van der Waals surface area contributed by atoms with Crippen LogP contribution in [0.25, 0.3) is 0 Å². The van der Waals surface area contributed by atoms with E-state index in [1.165, 1.54) is 12.1 Å². The molecule has 0 heterocycles. The first-order valence-corrected chi connectivity index (χ1v) is 7.78. The molecule has 0 N–H and O–H groups in total. The van der Waals surface area contributed by atoms with E-state index in [4.69, 9.17) is 4.74 Å². The minimum atomic E-state index is -0.303. The lowest BCUT2D eigenvalue weighted by molar-refractivity contribution is 0.474. The molecule has 0 radical (unpaired) electrons. The molecule has 0 saturated carbocycles. The van der Waals surface area contributed by atoms with Gasteiger partial charge in [0.2, 0.25) is 0 Å². The quantitative estimate of drug-likeness (QED) is 0.531. The zero-order chi connectivity index (χ0) is 13.1. The van der Waals surface area contributed by atoms with Gasteiger partial charge in [0, 0.05) is 5.33 Å². The molecule has 0 spiro atoms. The van der Waals surface area contributed by atoms with Gasteiger partial charge < -0.3 is 4.74 Å². The molecule has 0 amide bonds. The fourth-order valence-electron chi connectivity index (χ4n) is 1.39. The number of ether oxygens (including phenoxy) is 1. The lowest BCUT2D eigenvalue weighted by atomic mass is 10.2. The Morgan fingerprint density at radius 2 is 1.56 bits per heavy atom. The molecule has 0 aromatic heterocycles. The highest BCUT2D eigenvalue weighted by Gasteiger charge is 2.07. The van der Waals surface area contributed by atoms with Gasteiger partial charge in [-0.2, -0.15) is 0 Å². The van der Waals surface area contributed by atoms with Crippen molar-refractivity contribution >= 4 is 47.8 Å². The number of hydrogen-bond acceptors (Lipinski definition) is 1. The maximum atomic E-state index is 13.0. The minimum Gasteiger partial charge on any atom is -0.455 e. The summed E-state index contributed by atoms with van der Waals surface area (Å²) in [6.07, 6.45) is 0. The molecule has 0 aliphatic rings. The molecule has 0 aliphatic carbocycles. The monoisotopic (exact) mass is 436 g/mol. The molecular formula is C13H8Br3FO. The summed E-state index contributed by atoms with van der Waals surface area (Å²) in [5, 5.41) is 0.784. The van der Waals surface area contributed by atoms with E-state index in [0.29, 0.717) is 16.0 Å². The zero-order valence-corrected chi connectivity index (χ0v) is 13.8. The van der Waals surface area contributed by atoms with Crippen LogP contribution in [0.5, 0.6) is 11.5 Å².